The summed E-state index contributed by atoms with van der Waals surface area (Å²) in [6, 6.07) is 7.15. The fraction of sp³-hybridized carbons (Fsp3) is 0.625. The SMILES string of the molecule is NC(CCN1CCOC2CCCC21)c1ccccc1F. The van der Waals surface area contributed by atoms with Gasteiger partial charge >= 0.3 is 0 Å². The predicted octanol–water partition coefficient (Wildman–Crippen LogP) is 2.47. The van der Waals surface area contributed by atoms with Gasteiger partial charge in [0, 0.05) is 30.7 Å². The van der Waals surface area contributed by atoms with Crippen molar-refractivity contribution in [1.29, 1.82) is 0 Å². The van der Waals surface area contributed by atoms with Crippen LogP contribution < -0.4 is 5.73 Å². The number of nitrogens with zero attached hydrogens (tertiary/aromatic N) is 1. The van der Waals surface area contributed by atoms with Crippen molar-refractivity contribution in [3.8, 4) is 0 Å². The number of halogens is 1. The van der Waals surface area contributed by atoms with E-state index in [4.69, 9.17) is 10.5 Å². The molecule has 110 valence electrons. The lowest BCUT2D eigenvalue weighted by molar-refractivity contribution is -0.0561. The van der Waals surface area contributed by atoms with Crippen LogP contribution in [0.15, 0.2) is 24.3 Å². The predicted molar refractivity (Wildman–Crippen MR) is 76.9 cm³/mol. The molecule has 0 spiro atoms. The van der Waals surface area contributed by atoms with E-state index in [9.17, 15) is 4.39 Å². The number of benzene rings is 1. The summed E-state index contributed by atoms with van der Waals surface area (Å²) in [7, 11) is 0. The molecule has 20 heavy (non-hydrogen) atoms. The van der Waals surface area contributed by atoms with Gasteiger partial charge in [0.15, 0.2) is 0 Å². The van der Waals surface area contributed by atoms with E-state index < -0.39 is 0 Å². The highest BCUT2D eigenvalue weighted by Crippen LogP contribution is 2.30. The lowest BCUT2D eigenvalue weighted by atomic mass is 10.0. The molecule has 1 saturated carbocycles. The summed E-state index contributed by atoms with van der Waals surface area (Å²) in [5.74, 6) is -0.194. The molecule has 2 N–H and O–H groups in total. The fourth-order valence-electron chi connectivity index (χ4n) is 3.52. The van der Waals surface area contributed by atoms with Crippen LogP contribution in [-0.4, -0.2) is 36.7 Å². The first-order valence-electron chi connectivity index (χ1n) is 7.61. The summed E-state index contributed by atoms with van der Waals surface area (Å²) in [6.07, 6.45) is 4.86. The second kappa shape index (κ2) is 6.20. The van der Waals surface area contributed by atoms with E-state index in [1.165, 1.54) is 25.3 Å². The molecule has 1 aromatic rings. The average Bonchev–Trinajstić information content (AvgIpc) is 2.94. The van der Waals surface area contributed by atoms with E-state index in [1.54, 1.807) is 12.1 Å². The molecule has 1 heterocycles. The third-order valence-corrected chi connectivity index (χ3v) is 4.63. The summed E-state index contributed by atoms with van der Waals surface area (Å²) >= 11 is 0. The molecule has 4 heteroatoms. The quantitative estimate of drug-likeness (QED) is 0.919. The Morgan fingerprint density at radius 3 is 3.05 bits per heavy atom. The number of hydrogen-bond acceptors (Lipinski definition) is 3. The maximum absolute atomic E-state index is 13.7. The van der Waals surface area contributed by atoms with Crippen LogP contribution in [0.2, 0.25) is 0 Å². The van der Waals surface area contributed by atoms with Crippen LogP contribution in [0.5, 0.6) is 0 Å². The molecule has 2 aliphatic rings. The number of hydrogen-bond donors (Lipinski definition) is 1. The molecule has 3 rings (SSSR count). The van der Waals surface area contributed by atoms with Gasteiger partial charge in [0.05, 0.1) is 12.7 Å². The van der Waals surface area contributed by atoms with E-state index in [0.717, 1.165) is 26.1 Å². The number of rotatable bonds is 4. The molecule has 0 bridgehead atoms. The highest BCUT2D eigenvalue weighted by Gasteiger charge is 2.35. The Bertz CT molecular complexity index is 454. The lowest BCUT2D eigenvalue weighted by Gasteiger charge is -2.38. The van der Waals surface area contributed by atoms with Crippen molar-refractivity contribution in [2.24, 2.45) is 5.73 Å². The van der Waals surface area contributed by atoms with Crippen molar-refractivity contribution < 1.29 is 9.13 Å². The highest BCUT2D eigenvalue weighted by atomic mass is 19.1. The second-order valence-electron chi connectivity index (χ2n) is 5.86. The van der Waals surface area contributed by atoms with Gasteiger partial charge in [0.25, 0.3) is 0 Å². The molecule has 1 saturated heterocycles. The molecule has 0 radical (unpaired) electrons. The molecule has 1 aliphatic carbocycles. The fourth-order valence-corrected chi connectivity index (χ4v) is 3.52. The molecule has 1 aliphatic heterocycles. The summed E-state index contributed by atoms with van der Waals surface area (Å²) in [4.78, 5) is 2.49. The van der Waals surface area contributed by atoms with Crippen molar-refractivity contribution >= 4 is 0 Å². The maximum Gasteiger partial charge on any atom is 0.127 e. The Kier molecular flexibility index (Phi) is 4.34. The first-order valence-corrected chi connectivity index (χ1v) is 7.61. The van der Waals surface area contributed by atoms with Crippen LogP contribution in [0, 0.1) is 5.82 Å². The molecular weight excluding hydrogens is 255 g/mol. The standard InChI is InChI=1S/C16H23FN2O/c17-13-5-2-1-4-12(13)14(18)8-9-19-10-11-20-16-7-3-6-15(16)19/h1-2,4-5,14-16H,3,6-11,18H2. The highest BCUT2D eigenvalue weighted by molar-refractivity contribution is 5.20. The van der Waals surface area contributed by atoms with Crippen molar-refractivity contribution in [2.45, 2.75) is 43.9 Å². The zero-order chi connectivity index (χ0) is 13.9. The zero-order valence-corrected chi connectivity index (χ0v) is 11.8. The number of nitrogens with two attached hydrogens (primary N) is 1. The van der Waals surface area contributed by atoms with E-state index in [1.807, 2.05) is 6.07 Å². The summed E-state index contributed by atoms with van der Waals surface area (Å²) < 4.78 is 19.5. The van der Waals surface area contributed by atoms with Gasteiger partial charge in [-0.2, -0.15) is 0 Å². The second-order valence-corrected chi connectivity index (χ2v) is 5.86. The van der Waals surface area contributed by atoms with Gasteiger partial charge in [0.2, 0.25) is 0 Å². The Labute approximate surface area is 119 Å². The maximum atomic E-state index is 13.7. The Morgan fingerprint density at radius 1 is 1.35 bits per heavy atom. The molecule has 0 aromatic heterocycles. The Hall–Kier alpha value is -0.970. The van der Waals surface area contributed by atoms with E-state index in [-0.39, 0.29) is 11.9 Å². The Morgan fingerprint density at radius 2 is 2.20 bits per heavy atom. The summed E-state index contributed by atoms with van der Waals surface area (Å²) in [5.41, 5.74) is 6.78. The average molecular weight is 278 g/mol. The zero-order valence-electron chi connectivity index (χ0n) is 11.8. The third kappa shape index (κ3) is 2.87. The van der Waals surface area contributed by atoms with Gasteiger partial charge in [0.1, 0.15) is 5.82 Å². The third-order valence-electron chi connectivity index (χ3n) is 4.63. The van der Waals surface area contributed by atoms with Gasteiger partial charge < -0.3 is 10.5 Å². The minimum atomic E-state index is -0.223. The van der Waals surface area contributed by atoms with Crippen LogP contribution in [-0.2, 0) is 4.74 Å². The van der Waals surface area contributed by atoms with E-state index in [0.29, 0.717) is 17.7 Å². The monoisotopic (exact) mass is 278 g/mol. The van der Waals surface area contributed by atoms with Gasteiger partial charge in [-0.3, -0.25) is 4.90 Å². The summed E-state index contributed by atoms with van der Waals surface area (Å²) in [6.45, 7) is 2.72. The largest absolute Gasteiger partial charge is 0.375 e. The van der Waals surface area contributed by atoms with E-state index in [2.05, 4.69) is 4.90 Å². The number of fused-ring (bicyclic) bond motifs is 1. The number of morpholine rings is 1. The summed E-state index contributed by atoms with van der Waals surface area (Å²) in [5, 5.41) is 0. The van der Waals surface area contributed by atoms with Crippen molar-refractivity contribution in [1.82, 2.24) is 4.90 Å². The van der Waals surface area contributed by atoms with Gasteiger partial charge in [-0.05, 0) is 31.7 Å². The normalized spacial score (nSPS) is 28.3. The molecule has 2 fully saturated rings. The van der Waals surface area contributed by atoms with Crippen LogP contribution in [0.1, 0.15) is 37.3 Å². The van der Waals surface area contributed by atoms with Crippen molar-refractivity contribution in [3.63, 3.8) is 0 Å². The Balaban J connectivity index is 1.57. The van der Waals surface area contributed by atoms with Crippen molar-refractivity contribution in [2.75, 3.05) is 19.7 Å². The molecule has 3 unspecified atom stereocenters. The van der Waals surface area contributed by atoms with Crippen LogP contribution in [0.3, 0.4) is 0 Å². The van der Waals surface area contributed by atoms with Crippen LogP contribution in [0.4, 0.5) is 4.39 Å². The lowest BCUT2D eigenvalue weighted by Crippen LogP contribution is -2.49. The van der Waals surface area contributed by atoms with Gasteiger partial charge in [-0.15, -0.1) is 0 Å². The molecule has 3 nitrogen and oxygen atoms in total. The minimum absolute atomic E-state index is 0.194. The van der Waals surface area contributed by atoms with E-state index >= 15 is 0 Å². The molecule has 1 aromatic carbocycles. The molecular formula is C16H23FN2O. The minimum Gasteiger partial charge on any atom is -0.375 e. The van der Waals surface area contributed by atoms with Crippen LogP contribution in [0.25, 0.3) is 0 Å². The first kappa shape index (κ1) is 14.0. The first-order chi connectivity index (χ1) is 9.75. The van der Waals surface area contributed by atoms with Crippen LogP contribution >= 0.6 is 0 Å². The smallest absolute Gasteiger partial charge is 0.127 e. The molecule has 3 atom stereocenters. The van der Waals surface area contributed by atoms with Gasteiger partial charge in [-0.1, -0.05) is 18.2 Å². The van der Waals surface area contributed by atoms with Gasteiger partial charge in [-0.25, -0.2) is 4.39 Å². The topological polar surface area (TPSA) is 38.5 Å². The number of ether oxygens (including phenoxy) is 1. The molecule has 0 amide bonds. The van der Waals surface area contributed by atoms with Crippen molar-refractivity contribution in [3.05, 3.63) is 35.6 Å².